The number of nitrogens with one attached hydrogen (secondary N) is 1. The Kier molecular flexibility index (Phi) is 9.02. The van der Waals surface area contributed by atoms with Crippen molar-refractivity contribution in [3.05, 3.63) is 159 Å². The first kappa shape index (κ1) is 34.0. The van der Waals surface area contributed by atoms with Crippen LogP contribution in [0.15, 0.2) is 125 Å². The van der Waals surface area contributed by atoms with E-state index in [9.17, 15) is 19.1 Å². The molecule has 5 aromatic rings. The smallest absolute Gasteiger partial charge is 0.330 e. The van der Waals surface area contributed by atoms with Gasteiger partial charge in [-0.05, 0) is 29.8 Å². The first-order chi connectivity index (χ1) is 25.3. The molecular weight excluding hydrogens is 669 g/mol. The Morgan fingerprint density at radius 2 is 1.50 bits per heavy atom. The lowest BCUT2D eigenvalue weighted by Crippen LogP contribution is -2.52. The van der Waals surface area contributed by atoms with Gasteiger partial charge in [0.25, 0.3) is 5.56 Å². The molecule has 3 aliphatic rings. The molecule has 2 saturated heterocycles. The molecule has 3 aliphatic heterocycles. The van der Waals surface area contributed by atoms with Crippen molar-refractivity contribution in [3.8, 4) is 11.5 Å². The summed E-state index contributed by atoms with van der Waals surface area (Å²) in [5.74, 6) is -0.266. The van der Waals surface area contributed by atoms with Crippen LogP contribution in [-0.2, 0) is 24.5 Å². The minimum absolute atomic E-state index is 0.131. The Morgan fingerprint density at radius 3 is 2.15 bits per heavy atom. The summed E-state index contributed by atoms with van der Waals surface area (Å²) >= 11 is 0. The number of ether oxygens (including phenoxy) is 5. The molecule has 0 saturated carbocycles. The van der Waals surface area contributed by atoms with Crippen LogP contribution in [-0.4, -0.2) is 65.6 Å². The molecule has 52 heavy (non-hydrogen) atoms. The lowest BCUT2D eigenvalue weighted by molar-refractivity contribution is -0.276. The molecule has 0 spiro atoms. The van der Waals surface area contributed by atoms with E-state index in [2.05, 4.69) is 4.98 Å². The van der Waals surface area contributed by atoms with E-state index in [4.69, 9.17) is 23.7 Å². The van der Waals surface area contributed by atoms with E-state index < -0.39 is 47.2 Å². The van der Waals surface area contributed by atoms with E-state index >= 15 is 0 Å². The molecule has 4 aromatic carbocycles. The number of aromatic amines is 1. The number of benzene rings is 4. The van der Waals surface area contributed by atoms with Gasteiger partial charge in [-0.25, -0.2) is 9.18 Å². The van der Waals surface area contributed by atoms with Crippen LogP contribution in [0.5, 0.6) is 11.5 Å². The molecule has 4 atom stereocenters. The van der Waals surface area contributed by atoms with Gasteiger partial charge in [-0.1, -0.05) is 78.9 Å². The Bertz CT molecular complexity index is 2120. The van der Waals surface area contributed by atoms with Gasteiger partial charge in [0.05, 0.1) is 12.3 Å². The summed E-state index contributed by atoms with van der Waals surface area (Å²) in [5.41, 5.74) is 0.400. The minimum Gasteiger partial charge on any atom is -0.457 e. The average Bonchev–Trinajstić information content (AvgIpc) is 3.47. The van der Waals surface area contributed by atoms with Gasteiger partial charge in [-0.3, -0.25) is 14.3 Å². The highest BCUT2D eigenvalue weighted by Gasteiger charge is 2.53. The highest BCUT2D eigenvalue weighted by atomic mass is 19.1. The number of aliphatic hydroxyl groups is 1. The zero-order valence-electron chi connectivity index (χ0n) is 28.4. The van der Waals surface area contributed by atoms with E-state index in [1.807, 2.05) is 83.8 Å². The maximum Gasteiger partial charge on any atom is 0.330 e. The second kappa shape index (κ2) is 13.8. The second-order valence-corrected chi connectivity index (χ2v) is 13.2. The van der Waals surface area contributed by atoms with Crippen molar-refractivity contribution >= 4 is 5.69 Å². The number of anilines is 1. The topological polar surface area (TPSA) is 124 Å². The summed E-state index contributed by atoms with van der Waals surface area (Å²) in [6.45, 7) is 0.692. The lowest BCUT2D eigenvalue weighted by Gasteiger charge is -2.43. The fraction of sp³-hybridized carbons (Fsp3) is 0.300. The number of hydrogen-bond donors (Lipinski definition) is 2. The molecule has 11 nitrogen and oxygen atoms in total. The van der Waals surface area contributed by atoms with Gasteiger partial charge in [0.15, 0.2) is 17.6 Å². The highest BCUT2D eigenvalue weighted by molar-refractivity contribution is 5.61. The Hall–Kier alpha value is -5.11. The van der Waals surface area contributed by atoms with Crippen LogP contribution in [0.4, 0.5) is 10.1 Å². The predicted octanol–water partition coefficient (Wildman–Crippen LogP) is 5.08. The number of H-pyrrole nitrogens is 1. The minimum atomic E-state index is -1.31. The van der Waals surface area contributed by atoms with Crippen LogP contribution in [0.2, 0.25) is 0 Å². The number of methoxy groups -OCH3 is 1. The number of para-hydroxylation sites is 3. The standard InChI is InChI=1S/C40H38FN3O8/c1-48-39(20-23-43(24-21-39)30-16-8-7-15-29(30)41)52-36-35(46)33(51-37(36)44-22-19-34(45)42-38(44)47)25-49-40(26-11-3-2-4-12-26)27-13-5-9-17-31(27)50-32-18-10-6-14-28(32)40/h2-19,22,33,35-37,46H,20-21,23-25H2,1H3,(H,42,45,47)/t33-,35-,36-,37-/m1/s1. The summed E-state index contributed by atoms with van der Waals surface area (Å²) in [7, 11) is 1.52. The van der Waals surface area contributed by atoms with Crippen molar-refractivity contribution in [3.63, 3.8) is 0 Å². The van der Waals surface area contributed by atoms with Crippen molar-refractivity contribution in [1.29, 1.82) is 0 Å². The Morgan fingerprint density at radius 1 is 0.865 bits per heavy atom. The van der Waals surface area contributed by atoms with Crippen LogP contribution in [0, 0.1) is 5.82 Å². The van der Waals surface area contributed by atoms with E-state index in [-0.39, 0.29) is 12.4 Å². The predicted molar refractivity (Wildman–Crippen MR) is 189 cm³/mol. The maximum absolute atomic E-state index is 14.7. The van der Waals surface area contributed by atoms with Crippen LogP contribution in [0.1, 0.15) is 35.8 Å². The van der Waals surface area contributed by atoms with Crippen molar-refractivity contribution in [2.45, 2.75) is 48.8 Å². The van der Waals surface area contributed by atoms with Gasteiger partial charge in [-0.2, -0.15) is 0 Å². The van der Waals surface area contributed by atoms with Crippen LogP contribution in [0.3, 0.4) is 0 Å². The first-order valence-electron chi connectivity index (χ1n) is 17.3. The summed E-state index contributed by atoms with van der Waals surface area (Å²) in [4.78, 5) is 29.4. The number of halogens is 1. The summed E-state index contributed by atoms with van der Waals surface area (Å²) in [6, 6.07) is 32.9. The van der Waals surface area contributed by atoms with Crippen LogP contribution in [0.25, 0.3) is 0 Å². The Balaban J connectivity index is 1.13. The molecule has 4 heterocycles. The molecule has 0 aliphatic carbocycles. The summed E-state index contributed by atoms with van der Waals surface area (Å²) in [5, 5.41) is 12.0. The largest absolute Gasteiger partial charge is 0.457 e. The maximum atomic E-state index is 14.7. The normalized spacial score (nSPS) is 23.0. The van der Waals surface area contributed by atoms with Gasteiger partial charge in [0.1, 0.15) is 35.6 Å². The first-order valence-corrected chi connectivity index (χ1v) is 17.3. The molecule has 268 valence electrons. The molecule has 8 rings (SSSR count). The van der Waals surface area contributed by atoms with Gasteiger partial charge < -0.3 is 33.7 Å². The fourth-order valence-electron chi connectivity index (χ4n) is 7.64. The molecule has 2 fully saturated rings. The monoisotopic (exact) mass is 707 g/mol. The highest BCUT2D eigenvalue weighted by Crippen LogP contribution is 2.52. The molecule has 0 amide bonds. The summed E-state index contributed by atoms with van der Waals surface area (Å²) in [6.07, 6.45) is -2.61. The molecule has 1 aromatic heterocycles. The van der Waals surface area contributed by atoms with Gasteiger partial charge in [-0.15, -0.1) is 0 Å². The van der Waals surface area contributed by atoms with Gasteiger partial charge >= 0.3 is 5.69 Å². The number of aromatic nitrogens is 2. The van der Waals surface area contributed by atoms with E-state index in [0.29, 0.717) is 43.1 Å². The molecule has 0 bridgehead atoms. The number of piperidine rings is 1. The molecule has 12 heteroatoms. The van der Waals surface area contributed by atoms with E-state index in [0.717, 1.165) is 16.7 Å². The molecule has 0 unspecified atom stereocenters. The third kappa shape index (κ3) is 5.92. The summed E-state index contributed by atoms with van der Waals surface area (Å²) < 4.78 is 48.3. The lowest BCUT2D eigenvalue weighted by atomic mass is 9.77. The van der Waals surface area contributed by atoms with E-state index in [1.54, 1.807) is 18.2 Å². The number of aliphatic hydroxyl groups excluding tert-OH is 1. The third-order valence-corrected chi connectivity index (χ3v) is 10.3. The number of hydrogen-bond acceptors (Lipinski definition) is 9. The van der Waals surface area contributed by atoms with Crippen molar-refractivity contribution in [1.82, 2.24) is 9.55 Å². The van der Waals surface area contributed by atoms with Crippen LogP contribution >= 0.6 is 0 Å². The number of nitrogens with zero attached hydrogens (tertiary/aromatic N) is 2. The average molecular weight is 708 g/mol. The van der Waals surface area contributed by atoms with Crippen molar-refractivity contribution < 1.29 is 33.2 Å². The zero-order valence-corrected chi connectivity index (χ0v) is 28.4. The van der Waals surface area contributed by atoms with Gasteiger partial charge in [0, 0.05) is 56.4 Å². The quantitative estimate of drug-likeness (QED) is 0.202. The number of rotatable bonds is 9. The van der Waals surface area contributed by atoms with Gasteiger partial charge in [0.2, 0.25) is 0 Å². The van der Waals surface area contributed by atoms with E-state index in [1.165, 1.54) is 30.0 Å². The van der Waals surface area contributed by atoms with Crippen LogP contribution < -0.4 is 20.9 Å². The number of fused-ring (bicyclic) bond motifs is 2. The molecule has 0 radical (unpaired) electrons. The molecule has 2 N–H and O–H groups in total. The van der Waals surface area contributed by atoms with Crippen molar-refractivity contribution in [2.75, 3.05) is 31.7 Å². The third-order valence-electron chi connectivity index (χ3n) is 10.3. The Labute approximate surface area is 298 Å². The molecular formula is C40H38FN3O8. The SMILES string of the molecule is COC1(O[C@@H]2[C@H](O)[C@@H](COC3(c4ccccc4)c4ccccc4Oc4ccccc43)O[C@H]2n2ccc(=O)[nH]c2=O)CCN(c2ccccc2F)CC1. The second-order valence-electron chi connectivity index (χ2n) is 13.2. The fourth-order valence-corrected chi connectivity index (χ4v) is 7.64. The van der Waals surface area contributed by atoms with Crippen molar-refractivity contribution in [2.24, 2.45) is 0 Å². The zero-order chi connectivity index (χ0) is 35.9.